The Labute approximate surface area is 127 Å². The van der Waals surface area contributed by atoms with Crippen LogP contribution in [0.4, 0.5) is 0 Å². The number of carboxylic acids is 1. The zero-order valence-electron chi connectivity index (χ0n) is 12.4. The van der Waals surface area contributed by atoms with Gasteiger partial charge in [0.2, 0.25) is 0 Å². The van der Waals surface area contributed by atoms with Crippen molar-refractivity contribution < 1.29 is 14.6 Å². The van der Waals surface area contributed by atoms with Crippen LogP contribution in [0.1, 0.15) is 18.1 Å². The fourth-order valence-corrected chi connectivity index (χ4v) is 2.19. The highest BCUT2D eigenvalue weighted by molar-refractivity contribution is 5.71. The standard InChI is InChI=1S/C17H17NO4/c1-3-4-12-9-11(6-8-15(12)22-2)14-7-5-13(10-16(19)20)17(21)18-14/h3-9H,10H2,1-2H3,(H,18,21)(H,19,20)/b4-3+. The topological polar surface area (TPSA) is 79.4 Å². The second-order valence-corrected chi connectivity index (χ2v) is 4.75. The number of hydrogen-bond acceptors (Lipinski definition) is 3. The van der Waals surface area contributed by atoms with Gasteiger partial charge in [-0.25, -0.2) is 0 Å². The van der Waals surface area contributed by atoms with Gasteiger partial charge in [0.15, 0.2) is 0 Å². The van der Waals surface area contributed by atoms with Crippen molar-refractivity contribution in [1.82, 2.24) is 4.98 Å². The van der Waals surface area contributed by atoms with E-state index in [1.807, 2.05) is 37.3 Å². The van der Waals surface area contributed by atoms with E-state index in [9.17, 15) is 9.59 Å². The summed E-state index contributed by atoms with van der Waals surface area (Å²) in [6.45, 7) is 1.91. The number of hydrogen-bond donors (Lipinski definition) is 2. The van der Waals surface area contributed by atoms with Gasteiger partial charge in [0.25, 0.3) is 5.56 Å². The molecule has 2 aromatic rings. The molecule has 0 aliphatic rings. The zero-order valence-corrected chi connectivity index (χ0v) is 12.4. The van der Waals surface area contributed by atoms with Gasteiger partial charge in [-0.3, -0.25) is 9.59 Å². The molecule has 1 aromatic heterocycles. The molecule has 0 fully saturated rings. The van der Waals surface area contributed by atoms with Crippen LogP contribution in [0.3, 0.4) is 0 Å². The molecule has 1 aromatic carbocycles. The van der Waals surface area contributed by atoms with Crippen LogP contribution in [0.5, 0.6) is 5.75 Å². The molecule has 0 bridgehead atoms. The normalized spacial score (nSPS) is 10.8. The van der Waals surface area contributed by atoms with Crippen molar-refractivity contribution in [2.75, 3.05) is 7.11 Å². The molecule has 0 spiro atoms. The van der Waals surface area contributed by atoms with Gasteiger partial charge in [-0.2, -0.15) is 0 Å². The molecular formula is C17H17NO4. The number of pyridine rings is 1. The number of allylic oxidation sites excluding steroid dienone is 1. The Hall–Kier alpha value is -2.82. The van der Waals surface area contributed by atoms with Crippen molar-refractivity contribution >= 4 is 12.0 Å². The molecular weight excluding hydrogens is 282 g/mol. The van der Waals surface area contributed by atoms with Crippen molar-refractivity contribution in [3.63, 3.8) is 0 Å². The maximum atomic E-state index is 11.9. The number of aliphatic carboxylic acids is 1. The Balaban J connectivity index is 2.44. The first-order valence-electron chi connectivity index (χ1n) is 6.80. The van der Waals surface area contributed by atoms with Crippen molar-refractivity contribution in [2.45, 2.75) is 13.3 Å². The third kappa shape index (κ3) is 3.44. The first kappa shape index (κ1) is 15.6. The summed E-state index contributed by atoms with van der Waals surface area (Å²) >= 11 is 0. The minimum absolute atomic E-state index is 0.235. The minimum atomic E-state index is -1.03. The predicted molar refractivity (Wildman–Crippen MR) is 85.1 cm³/mol. The summed E-state index contributed by atoms with van der Waals surface area (Å²) < 4.78 is 5.29. The van der Waals surface area contributed by atoms with Crippen molar-refractivity contribution in [2.24, 2.45) is 0 Å². The summed E-state index contributed by atoms with van der Waals surface area (Å²) in [5.74, 6) is -0.287. The number of methoxy groups -OCH3 is 1. The SMILES string of the molecule is C/C=C/c1cc(-c2ccc(CC(=O)O)c(=O)[nH]2)ccc1OC. The molecule has 0 saturated heterocycles. The van der Waals surface area contributed by atoms with Crippen LogP contribution in [-0.4, -0.2) is 23.2 Å². The van der Waals surface area contributed by atoms with E-state index in [0.717, 1.165) is 16.9 Å². The summed E-state index contributed by atoms with van der Waals surface area (Å²) in [6, 6.07) is 8.83. The van der Waals surface area contributed by atoms with E-state index in [1.54, 1.807) is 19.2 Å². The number of ether oxygens (including phenoxy) is 1. The molecule has 0 amide bonds. The number of benzene rings is 1. The number of H-pyrrole nitrogens is 1. The lowest BCUT2D eigenvalue weighted by molar-refractivity contribution is -0.136. The molecule has 114 valence electrons. The summed E-state index contributed by atoms with van der Waals surface area (Å²) in [6.07, 6.45) is 3.53. The van der Waals surface area contributed by atoms with Gasteiger partial charge >= 0.3 is 5.97 Å². The maximum Gasteiger partial charge on any atom is 0.308 e. The molecule has 0 saturated carbocycles. The lowest BCUT2D eigenvalue weighted by Gasteiger charge is -2.08. The van der Waals surface area contributed by atoms with Crippen molar-refractivity contribution in [3.05, 3.63) is 57.9 Å². The van der Waals surface area contributed by atoms with Gasteiger partial charge in [0.05, 0.1) is 13.5 Å². The van der Waals surface area contributed by atoms with Crippen LogP contribution in [0.2, 0.25) is 0 Å². The smallest absolute Gasteiger partial charge is 0.308 e. The Morgan fingerprint density at radius 3 is 2.68 bits per heavy atom. The third-order valence-corrected chi connectivity index (χ3v) is 3.22. The largest absolute Gasteiger partial charge is 0.496 e. The molecule has 5 nitrogen and oxygen atoms in total. The van der Waals surface area contributed by atoms with Gasteiger partial charge in [0.1, 0.15) is 5.75 Å². The number of aromatic nitrogens is 1. The molecule has 1 heterocycles. The molecule has 2 N–H and O–H groups in total. The number of rotatable bonds is 5. The quantitative estimate of drug-likeness (QED) is 0.889. The van der Waals surface area contributed by atoms with E-state index in [1.165, 1.54) is 0 Å². The van der Waals surface area contributed by atoms with E-state index in [2.05, 4.69) is 4.98 Å². The number of carboxylic acid groups (broad SMARTS) is 1. The summed E-state index contributed by atoms with van der Waals surface area (Å²) in [7, 11) is 1.60. The second kappa shape index (κ2) is 6.76. The number of aromatic amines is 1. The molecule has 5 heteroatoms. The zero-order chi connectivity index (χ0) is 16.1. The van der Waals surface area contributed by atoms with Gasteiger partial charge in [-0.05, 0) is 36.8 Å². The van der Waals surface area contributed by atoms with Gasteiger partial charge in [0, 0.05) is 16.8 Å². The Morgan fingerprint density at radius 2 is 2.09 bits per heavy atom. The maximum absolute atomic E-state index is 11.9. The fraction of sp³-hybridized carbons (Fsp3) is 0.176. The highest BCUT2D eigenvalue weighted by Gasteiger charge is 2.08. The average molecular weight is 299 g/mol. The Bertz CT molecular complexity index is 774. The van der Waals surface area contributed by atoms with Crippen LogP contribution < -0.4 is 10.3 Å². The third-order valence-electron chi connectivity index (χ3n) is 3.22. The summed E-state index contributed by atoms with van der Waals surface area (Å²) in [5, 5.41) is 8.76. The van der Waals surface area contributed by atoms with Crippen LogP contribution in [-0.2, 0) is 11.2 Å². The van der Waals surface area contributed by atoms with E-state index < -0.39 is 5.97 Å². The predicted octanol–water partition coefficient (Wildman–Crippen LogP) is 2.71. The van der Waals surface area contributed by atoms with E-state index in [4.69, 9.17) is 9.84 Å². The van der Waals surface area contributed by atoms with E-state index in [-0.39, 0.29) is 17.5 Å². The fourth-order valence-electron chi connectivity index (χ4n) is 2.19. The lowest BCUT2D eigenvalue weighted by atomic mass is 10.0. The summed E-state index contributed by atoms with van der Waals surface area (Å²) in [5.41, 5.74) is 2.21. The highest BCUT2D eigenvalue weighted by Crippen LogP contribution is 2.26. The van der Waals surface area contributed by atoms with Gasteiger partial charge < -0.3 is 14.8 Å². The van der Waals surface area contributed by atoms with Crippen LogP contribution in [0.25, 0.3) is 17.3 Å². The van der Waals surface area contributed by atoms with Crippen molar-refractivity contribution in [3.8, 4) is 17.0 Å². The van der Waals surface area contributed by atoms with Gasteiger partial charge in [-0.1, -0.05) is 18.2 Å². The first-order chi connectivity index (χ1) is 10.5. The second-order valence-electron chi connectivity index (χ2n) is 4.75. The molecule has 0 atom stereocenters. The Morgan fingerprint density at radius 1 is 1.32 bits per heavy atom. The average Bonchev–Trinajstić information content (AvgIpc) is 2.49. The lowest BCUT2D eigenvalue weighted by Crippen LogP contribution is -2.16. The minimum Gasteiger partial charge on any atom is -0.496 e. The summed E-state index contributed by atoms with van der Waals surface area (Å²) in [4.78, 5) is 25.3. The van der Waals surface area contributed by atoms with Crippen molar-refractivity contribution in [1.29, 1.82) is 0 Å². The first-order valence-corrected chi connectivity index (χ1v) is 6.80. The molecule has 0 aliphatic heterocycles. The molecule has 0 radical (unpaired) electrons. The van der Waals surface area contributed by atoms with Crippen LogP contribution >= 0.6 is 0 Å². The van der Waals surface area contributed by atoms with E-state index in [0.29, 0.717) is 5.69 Å². The molecule has 0 unspecified atom stereocenters. The van der Waals surface area contributed by atoms with Gasteiger partial charge in [-0.15, -0.1) is 0 Å². The molecule has 22 heavy (non-hydrogen) atoms. The number of nitrogens with one attached hydrogen (secondary N) is 1. The molecule has 2 rings (SSSR count). The van der Waals surface area contributed by atoms with Crippen LogP contribution in [0, 0.1) is 0 Å². The van der Waals surface area contributed by atoms with E-state index >= 15 is 0 Å². The highest BCUT2D eigenvalue weighted by atomic mass is 16.5. The molecule has 0 aliphatic carbocycles. The Kier molecular flexibility index (Phi) is 4.78. The van der Waals surface area contributed by atoms with Crippen LogP contribution in [0.15, 0.2) is 41.2 Å². The monoisotopic (exact) mass is 299 g/mol. The number of carbonyl (C=O) groups is 1.